The number of carbonyl (C=O) groups is 1. The second kappa shape index (κ2) is 8.82. The number of amides is 1. The Morgan fingerprint density at radius 1 is 1.38 bits per heavy atom. The Bertz CT molecular complexity index is 706. The lowest BCUT2D eigenvalue weighted by atomic mass is 10.2. The van der Waals surface area contributed by atoms with Crippen molar-refractivity contribution in [2.75, 3.05) is 39.2 Å². The third-order valence-electron chi connectivity index (χ3n) is 4.24. The maximum Gasteiger partial charge on any atom is 0.255 e. The van der Waals surface area contributed by atoms with E-state index in [1.54, 1.807) is 18.3 Å². The molecule has 1 amide bonds. The summed E-state index contributed by atoms with van der Waals surface area (Å²) >= 11 is 0. The molecule has 1 atom stereocenters. The van der Waals surface area contributed by atoms with Gasteiger partial charge in [0.25, 0.3) is 5.91 Å². The summed E-state index contributed by atoms with van der Waals surface area (Å²) in [6, 6.07) is 7.14. The minimum absolute atomic E-state index is 0.164. The highest BCUT2D eigenvalue weighted by atomic mass is 16.5. The summed E-state index contributed by atoms with van der Waals surface area (Å²) in [5.74, 6) is 0.580. The van der Waals surface area contributed by atoms with E-state index in [9.17, 15) is 4.79 Å². The van der Waals surface area contributed by atoms with E-state index in [1.165, 1.54) is 0 Å². The van der Waals surface area contributed by atoms with Gasteiger partial charge in [-0.1, -0.05) is 0 Å². The van der Waals surface area contributed by atoms with E-state index in [0.717, 1.165) is 38.3 Å². The summed E-state index contributed by atoms with van der Waals surface area (Å²) in [6.45, 7) is 3.04. The molecule has 0 saturated carbocycles. The van der Waals surface area contributed by atoms with Gasteiger partial charge in [0, 0.05) is 24.9 Å². The van der Waals surface area contributed by atoms with Crippen molar-refractivity contribution in [3.05, 3.63) is 42.2 Å². The van der Waals surface area contributed by atoms with Gasteiger partial charge in [-0.15, -0.1) is 0 Å². The van der Waals surface area contributed by atoms with Gasteiger partial charge in [0.2, 0.25) is 0 Å². The average molecular weight is 358 g/mol. The molecule has 0 bridgehead atoms. The quantitative estimate of drug-likeness (QED) is 0.784. The van der Waals surface area contributed by atoms with Gasteiger partial charge >= 0.3 is 0 Å². The van der Waals surface area contributed by atoms with Crippen molar-refractivity contribution >= 4 is 11.6 Å². The number of ether oxygens (including phenoxy) is 2. The third kappa shape index (κ3) is 5.31. The summed E-state index contributed by atoms with van der Waals surface area (Å²) in [6.07, 6.45) is 5.82. The van der Waals surface area contributed by atoms with Crippen LogP contribution in [0.1, 0.15) is 23.2 Å². The van der Waals surface area contributed by atoms with Crippen LogP contribution in [0.15, 0.2) is 36.7 Å². The highest BCUT2D eigenvalue weighted by Crippen LogP contribution is 2.17. The predicted molar refractivity (Wildman–Crippen MR) is 99.6 cm³/mol. The molecule has 1 aromatic heterocycles. The van der Waals surface area contributed by atoms with Crippen LogP contribution in [0.4, 0.5) is 5.69 Å². The first-order valence-electron chi connectivity index (χ1n) is 8.93. The average Bonchev–Trinajstić information content (AvgIpc) is 3.30. The normalized spacial score (nSPS) is 16.8. The number of hydrogen-bond donors (Lipinski definition) is 1. The molecule has 1 aliphatic heterocycles. The standard InChI is InChI=1S/C19H26N4O3/c1-22(2)9-10-23-13-16(12-20-23)21-19(24)15-5-7-17(8-6-15)26-14-18-4-3-11-25-18/h5-8,12-13,18H,3-4,9-11,14H2,1-2H3,(H,21,24)/t18-/m0/s1. The highest BCUT2D eigenvalue weighted by Gasteiger charge is 2.16. The van der Waals surface area contributed by atoms with Gasteiger partial charge in [0.15, 0.2) is 0 Å². The van der Waals surface area contributed by atoms with Crippen molar-refractivity contribution in [1.82, 2.24) is 14.7 Å². The molecule has 2 aromatic rings. The van der Waals surface area contributed by atoms with Crippen LogP contribution in [-0.2, 0) is 11.3 Å². The van der Waals surface area contributed by atoms with Crippen LogP contribution in [0, 0.1) is 0 Å². The van der Waals surface area contributed by atoms with E-state index in [0.29, 0.717) is 17.9 Å². The first-order valence-corrected chi connectivity index (χ1v) is 8.93. The van der Waals surface area contributed by atoms with Gasteiger partial charge < -0.3 is 19.7 Å². The number of anilines is 1. The lowest BCUT2D eigenvalue weighted by molar-refractivity contribution is 0.0679. The van der Waals surface area contributed by atoms with Crippen LogP contribution in [0.3, 0.4) is 0 Å². The Balaban J connectivity index is 1.49. The van der Waals surface area contributed by atoms with E-state index in [-0.39, 0.29) is 12.0 Å². The summed E-state index contributed by atoms with van der Waals surface area (Å²) in [7, 11) is 4.03. The zero-order valence-electron chi connectivity index (χ0n) is 15.4. The zero-order valence-corrected chi connectivity index (χ0v) is 15.4. The molecule has 1 saturated heterocycles. The molecule has 7 nitrogen and oxygen atoms in total. The SMILES string of the molecule is CN(C)CCn1cc(NC(=O)c2ccc(OC[C@@H]3CCCO3)cc2)cn1. The maximum atomic E-state index is 12.4. The molecule has 7 heteroatoms. The maximum absolute atomic E-state index is 12.4. The summed E-state index contributed by atoms with van der Waals surface area (Å²) in [4.78, 5) is 14.4. The van der Waals surface area contributed by atoms with Crippen molar-refractivity contribution in [1.29, 1.82) is 0 Å². The molecule has 1 aliphatic rings. The Kier molecular flexibility index (Phi) is 6.25. The number of hydrogen-bond acceptors (Lipinski definition) is 5. The monoisotopic (exact) mass is 358 g/mol. The van der Waals surface area contributed by atoms with Crippen LogP contribution in [0.25, 0.3) is 0 Å². The Morgan fingerprint density at radius 2 is 2.19 bits per heavy atom. The minimum Gasteiger partial charge on any atom is -0.491 e. The van der Waals surface area contributed by atoms with Crippen molar-refractivity contribution in [3.63, 3.8) is 0 Å². The van der Waals surface area contributed by atoms with E-state index in [2.05, 4.69) is 15.3 Å². The molecule has 3 rings (SSSR count). The smallest absolute Gasteiger partial charge is 0.255 e. The van der Waals surface area contributed by atoms with Crippen molar-refractivity contribution < 1.29 is 14.3 Å². The summed E-state index contributed by atoms with van der Waals surface area (Å²) < 4.78 is 13.1. The number of rotatable bonds is 8. The largest absolute Gasteiger partial charge is 0.491 e. The molecular weight excluding hydrogens is 332 g/mol. The van der Waals surface area contributed by atoms with Gasteiger partial charge in [0.1, 0.15) is 12.4 Å². The van der Waals surface area contributed by atoms with Gasteiger partial charge in [-0.05, 0) is 51.2 Å². The number of aromatic nitrogens is 2. The molecule has 0 spiro atoms. The topological polar surface area (TPSA) is 68.6 Å². The van der Waals surface area contributed by atoms with E-state index < -0.39 is 0 Å². The number of benzene rings is 1. The lowest BCUT2D eigenvalue weighted by Gasteiger charge is -2.11. The lowest BCUT2D eigenvalue weighted by Crippen LogP contribution is -2.18. The molecule has 0 unspecified atom stereocenters. The number of nitrogens with zero attached hydrogens (tertiary/aromatic N) is 3. The molecule has 2 heterocycles. The van der Waals surface area contributed by atoms with E-state index >= 15 is 0 Å². The molecule has 140 valence electrons. The van der Waals surface area contributed by atoms with E-state index in [1.807, 2.05) is 37.1 Å². The zero-order chi connectivity index (χ0) is 18.4. The Labute approximate surface area is 153 Å². The van der Waals surface area contributed by atoms with Gasteiger partial charge in [-0.2, -0.15) is 5.10 Å². The molecule has 1 aromatic carbocycles. The molecule has 1 fully saturated rings. The first kappa shape index (κ1) is 18.4. The second-order valence-electron chi connectivity index (χ2n) is 6.72. The molecule has 0 aliphatic carbocycles. The van der Waals surface area contributed by atoms with Gasteiger partial charge in [-0.3, -0.25) is 9.48 Å². The highest BCUT2D eigenvalue weighted by molar-refractivity contribution is 6.04. The van der Waals surface area contributed by atoms with Crippen molar-refractivity contribution in [3.8, 4) is 5.75 Å². The van der Waals surface area contributed by atoms with Gasteiger partial charge in [0.05, 0.1) is 24.5 Å². The number of carbonyl (C=O) groups excluding carboxylic acids is 1. The van der Waals surface area contributed by atoms with Crippen LogP contribution in [0.2, 0.25) is 0 Å². The van der Waals surface area contributed by atoms with Crippen LogP contribution >= 0.6 is 0 Å². The van der Waals surface area contributed by atoms with Crippen LogP contribution in [0.5, 0.6) is 5.75 Å². The molecule has 0 radical (unpaired) electrons. The molecular formula is C19H26N4O3. The Hall–Kier alpha value is -2.38. The van der Waals surface area contributed by atoms with Crippen LogP contribution < -0.4 is 10.1 Å². The Morgan fingerprint density at radius 3 is 2.88 bits per heavy atom. The predicted octanol–water partition coefficient (Wildman–Crippen LogP) is 2.25. The third-order valence-corrected chi connectivity index (χ3v) is 4.24. The number of likely N-dealkylation sites (N-methyl/N-ethyl adjacent to an activating group) is 1. The summed E-state index contributed by atoms with van der Waals surface area (Å²) in [5.41, 5.74) is 1.27. The van der Waals surface area contributed by atoms with E-state index in [4.69, 9.17) is 9.47 Å². The van der Waals surface area contributed by atoms with Crippen molar-refractivity contribution in [2.24, 2.45) is 0 Å². The fraction of sp³-hybridized carbons (Fsp3) is 0.474. The summed E-state index contributed by atoms with van der Waals surface area (Å²) in [5, 5.41) is 7.12. The number of nitrogens with one attached hydrogen (secondary N) is 1. The fourth-order valence-electron chi connectivity index (χ4n) is 2.72. The minimum atomic E-state index is -0.164. The fourth-order valence-corrected chi connectivity index (χ4v) is 2.72. The van der Waals surface area contributed by atoms with Crippen molar-refractivity contribution in [2.45, 2.75) is 25.5 Å². The molecule has 1 N–H and O–H groups in total. The second-order valence-corrected chi connectivity index (χ2v) is 6.72. The first-order chi connectivity index (χ1) is 12.6. The van der Waals surface area contributed by atoms with Crippen LogP contribution in [-0.4, -0.2) is 60.5 Å². The molecule has 26 heavy (non-hydrogen) atoms. The van der Waals surface area contributed by atoms with Gasteiger partial charge in [-0.25, -0.2) is 0 Å².